The lowest BCUT2D eigenvalue weighted by Crippen LogP contribution is -2.49. The third-order valence-corrected chi connectivity index (χ3v) is 5.35. The average Bonchev–Trinajstić information content (AvgIpc) is 2.29. The van der Waals surface area contributed by atoms with Crippen LogP contribution in [0.25, 0.3) is 0 Å². The van der Waals surface area contributed by atoms with Crippen LogP contribution in [-0.4, -0.2) is 69.1 Å². The first-order valence-electron chi connectivity index (χ1n) is 5.42. The number of carbonyl (C=O) groups excluding carboxylic acids is 1. The smallest absolute Gasteiger partial charge is 0.238 e. The first-order valence-corrected chi connectivity index (χ1v) is 8.19. The highest BCUT2D eigenvalue weighted by Gasteiger charge is 2.21. The highest BCUT2D eigenvalue weighted by molar-refractivity contribution is 7.99. The molecule has 1 fully saturated rings. The summed E-state index contributed by atoms with van der Waals surface area (Å²) in [4.78, 5) is 11.7. The van der Waals surface area contributed by atoms with Crippen LogP contribution in [-0.2, 0) is 14.8 Å². The molecule has 6 nitrogen and oxygen atoms in total. The zero-order chi connectivity index (χ0) is 12.9. The van der Waals surface area contributed by atoms with Gasteiger partial charge in [0.05, 0.1) is 11.8 Å². The Hall–Kier alpha value is -0.310. The average molecular weight is 281 g/mol. The maximum atomic E-state index is 11.7. The fourth-order valence-corrected chi connectivity index (χ4v) is 3.00. The van der Waals surface area contributed by atoms with Crippen molar-refractivity contribution in [1.29, 1.82) is 0 Å². The van der Waals surface area contributed by atoms with Crippen molar-refractivity contribution in [2.24, 2.45) is 0 Å². The van der Waals surface area contributed by atoms with E-state index < -0.39 is 10.0 Å². The molecule has 0 spiro atoms. The molecular weight excluding hydrogens is 262 g/mol. The Balaban J connectivity index is 2.29. The van der Waals surface area contributed by atoms with E-state index in [-0.39, 0.29) is 24.2 Å². The van der Waals surface area contributed by atoms with Gasteiger partial charge in [0, 0.05) is 38.7 Å². The molecule has 0 aromatic carbocycles. The summed E-state index contributed by atoms with van der Waals surface area (Å²) in [7, 11) is -0.266. The molecule has 1 aliphatic rings. The Morgan fingerprint density at radius 1 is 1.53 bits per heavy atom. The SMILES string of the molecule is CN(C)S(=O)(=O)CCNC(=O)C1CSCCN1. The molecule has 1 unspecified atom stereocenters. The van der Waals surface area contributed by atoms with Gasteiger partial charge in [-0.2, -0.15) is 11.8 Å². The van der Waals surface area contributed by atoms with Crippen molar-refractivity contribution in [3.8, 4) is 0 Å². The second-order valence-electron chi connectivity index (χ2n) is 3.97. The van der Waals surface area contributed by atoms with Crippen molar-refractivity contribution < 1.29 is 13.2 Å². The molecule has 0 aliphatic carbocycles. The van der Waals surface area contributed by atoms with Crippen LogP contribution in [0.5, 0.6) is 0 Å². The number of nitrogens with one attached hydrogen (secondary N) is 2. The summed E-state index contributed by atoms with van der Waals surface area (Å²) in [6, 6.07) is -0.198. The van der Waals surface area contributed by atoms with Gasteiger partial charge in [0.25, 0.3) is 0 Å². The van der Waals surface area contributed by atoms with E-state index >= 15 is 0 Å². The molecule has 1 saturated heterocycles. The second kappa shape index (κ2) is 6.58. The zero-order valence-corrected chi connectivity index (χ0v) is 11.7. The summed E-state index contributed by atoms with van der Waals surface area (Å²) in [5.74, 6) is 1.57. The lowest BCUT2D eigenvalue weighted by molar-refractivity contribution is -0.122. The summed E-state index contributed by atoms with van der Waals surface area (Å²) in [6.07, 6.45) is 0. The predicted molar refractivity (Wildman–Crippen MR) is 69.6 cm³/mol. The molecule has 1 aliphatic heterocycles. The predicted octanol–water partition coefficient (Wildman–Crippen LogP) is -1.30. The maximum absolute atomic E-state index is 11.7. The van der Waals surface area contributed by atoms with Crippen molar-refractivity contribution in [3.63, 3.8) is 0 Å². The first-order chi connectivity index (χ1) is 7.93. The first kappa shape index (κ1) is 14.7. The van der Waals surface area contributed by atoms with E-state index in [9.17, 15) is 13.2 Å². The van der Waals surface area contributed by atoms with Crippen LogP contribution >= 0.6 is 11.8 Å². The van der Waals surface area contributed by atoms with Gasteiger partial charge in [0.1, 0.15) is 0 Å². The molecule has 1 heterocycles. The molecule has 8 heteroatoms. The van der Waals surface area contributed by atoms with Crippen molar-refractivity contribution in [1.82, 2.24) is 14.9 Å². The minimum absolute atomic E-state index is 0.0639. The normalized spacial score (nSPS) is 21.5. The number of thioether (sulfide) groups is 1. The van der Waals surface area contributed by atoms with E-state index in [0.717, 1.165) is 22.4 Å². The van der Waals surface area contributed by atoms with Gasteiger partial charge in [0.2, 0.25) is 15.9 Å². The highest BCUT2D eigenvalue weighted by atomic mass is 32.2. The lowest BCUT2D eigenvalue weighted by Gasteiger charge is -2.22. The van der Waals surface area contributed by atoms with Gasteiger partial charge in [-0.3, -0.25) is 4.79 Å². The van der Waals surface area contributed by atoms with Crippen molar-refractivity contribution in [2.45, 2.75) is 6.04 Å². The van der Waals surface area contributed by atoms with Gasteiger partial charge >= 0.3 is 0 Å². The second-order valence-corrected chi connectivity index (χ2v) is 7.42. The Kier molecular flexibility index (Phi) is 5.71. The quantitative estimate of drug-likeness (QED) is 0.655. The fourth-order valence-electron chi connectivity index (χ4n) is 1.34. The number of sulfonamides is 1. The van der Waals surface area contributed by atoms with Crippen LogP contribution in [0.1, 0.15) is 0 Å². The Morgan fingerprint density at radius 3 is 2.76 bits per heavy atom. The van der Waals surface area contributed by atoms with Crippen molar-refractivity contribution >= 4 is 27.7 Å². The summed E-state index contributed by atoms with van der Waals surface area (Å²) < 4.78 is 24.0. The summed E-state index contributed by atoms with van der Waals surface area (Å²) in [6.45, 7) is 0.973. The van der Waals surface area contributed by atoms with Gasteiger partial charge < -0.3 is 10.6 Å². The van der Waals surface area contributed by atoms with E-state index in [2.05, 4.69) is 10.6 Å². The van der Waals surface area contributed by atoms with Gasteiger partial charge in [-0.05, 0) is 0 Å². The number of hydrogen-bond acceptors (Lipinski definition) is 5. The highest BCUT2D eigenvalue weighted by Crippen LogP contribution is 2.07. The zero-order valence-electron chi connectivity index (χ0n) is 10.1. The van der Waals surface area contributed by atoms with E-state index in [1.165, 1.54) is 14.1 Å². The molecule has 100 valence electrons. The van der Waals surface area contributed by atoms with Gasteiger partial charge in [-0.15, -0.1) is 0 Å². The largest absolute Gasteiger partial charge is 0.354 e. The number of nitrogens with zero attached hydrogens (tertiary/aromatic N) is 1. The Bertz CT molecular complexity index is 350. The molecule has 0 bridgehead atoms. The number of carbonyl (C=O) groups is 1. The van der Waals surface area contributed by atoms with Crippen LogP contribution in [0.4, 0.5) is 0 Å². The van der Waals surface area contributed by atoms with Crippen LogP contribution in [0, 0.1) is 0 Å². The van der Waals surface area contributed by atoms with E-state index in [0.29, 0.717) is 0 Å². The van der Waals surface area contributed by atoms with Gasteiger partial charge in [0.15, 0.2) is 0 Å². The molecule has 1 atom stereocenters. The fraction of sp³-hybridized carbons (Fsp3) is 0.889. The topological polar surface area (TPSA) is 78.5 Å². The van der Waals surface area contributed by atoms with Gasteiger partial charge in [-0.25, -0.2) is 12.7 Å². The lowest BCUT2D eigenvalue weighted by atomic mass is 10.3. The molecule has 0 saturated carbocycles. The Morgan fingerprint density at radius 2 is 2.24 bits per heavy atom. The molecule has 0 radical (unpaired) electrons. The molecule has 0 aromatic heterocycles. The van der Waals surface area contributed by atoms with Crippen LogP contribution < -0.4 is 10.6 Å². The van der Waals surface area contributed by atoms with Crippen molar-refractivity contribution in [2.75, 3.05) is 44.4 Å². The van der Waals surface area contributed by atoms with Crippen LogP contribution in [0.15, 0.2) is 0 Å². The van der Waals surface area contributed by atoms with Crippen LogP contribution in [0.3, 0.4) is 0 Å². The molecule has 1 rings (SSSR count). The third kappa shape index (κ3) is 4.82. The van der Waals surface area contributed by atoms with Gasteiger partial charge in [-0.1, -0.05) is 0 Å². The Labute approximate surface area is 107 Å². The number of rotatable bonds is 5. The molecule has 0 aromatic rings. The monoisotopic (exact) mass is 281 g/mol. The molecule has 2 N–H and O–H groups in total. The molecule has 1 amide bonds. The number of amides is 1. The van der Waals surface area contributed by atoms with E-state index in [4.69, 9.17) is 0 Å². The van der Waals surface area contributed by atoms with Crippen LogP contribution in [0.2, 0.25) is 0 Å². The third-order valence-electron chi connectivity index (χ3n) is 2.45. The molecular formula is C9H19N3O3S2. The minimum Gasteiger partial charge on any atom is -0.354 e. The summed E-state index contributed by atoms with van der Waals surface area (Å²) >= 11 is 1.73. The minimum atomic E-state index is -3.23. The van der Waals surface area contributed by atoms with Crippen molar-refractivity contribution in [3.05, 3.63) is 0 Å². The standard InChI is InChI=1S/C9H19N3O3S2/c1-12(2)17(14,15)6-4-11-9(13)8-7-16-5-3-10-8/h8,10H,3-7H2,1-2H3,(H,11,13). The molecule has 17 heavy (non-hydrogen) atoms. The maximum Gasteiger partial charge on any atom is 0.238 e. The summed E-state index contributed by atoms with van der Waals surface area (Å²) in [5, 5.41) is 5.74. The summed E-state index contributed by atoms with van der Waals surface area (Å²) in [5.41, 5.74) is 0. The van der Waals surface area contributed by atoms with E-state index in [1.54, 1.807) is 11.8 Å². The van der Waals surface area contributed by atoms with E-state index in [1.807, 2.05) is 0 Å². The number of hydrogen-bond donors (Lipinski definition) is 2.